The minimum atomic E-state index is -0.628. The molecule has 0 aliphatic carbocycles. The second-order valence-electron chi connectivity index (χ2n) is 8.39. The predicted octanol–water partition coefficient (Wildman–Crippen LogP) is 7.08. The molecule has 0 aromatic heterocycles. The summed E-state index contributed by atoms with van der Waals surface area (Å²) in [6.07, 6.45) is 8.29. The fourth-order valence-corrected chi connectivity index (χ4v) is 3.62. The Bertz CT molecular complexity index is 1090. The fraction of sp³-hybridized carbons (Fsp3) is 0.357. The summed E-state index contributed by atoms with van der Waals surface area (Å²) in [6, 6.07) is 15.4. The second kappa shape index (κ2) is 17.9. The van der Waals surface area contributed by atoms with E-state index in [0.29, 0.717) is 24.6 Å². The average Bonchev–Trinajstić information content (AvgIpc) is 2.89. The minimum Gasteiger partial charge on any atom is -0.449 e. The molecule has 0 radical (unpaired) electrons. The molecule has 0 atom stereocenters. The van der Waals surface area contributed by atoms with Gasteiger partial charge in [0.05, 0.1) is 24.6 Å². The number of thiocarbonyl (C=S) groups is 2. The SMILES string of the molecule is CCCCCOC(=O)NC(=S)Nc1ccc(C=Cc2ccccc2)cc1NC(=S)NC(=O)OCCCCC. The first kappa shape index (κ1) is 30.7. The van der Waals surface area contributed by atoms with Gasteiger partial charge in [-0.3, -0.25) is 10.6 Å². The normalized spacial score (nSPS) is 10.5. The van der Waals surface area contributed by atoms with Crippen LogP contribution in [0.5, 0.6) is 0 Å². The van der Waals surface area contributed by atoms with Crippen LogP contribution in [0.2, 0.25) is 0 Å². The van der Waals surface area contributed by atoms with E-state index in [4.69, 9.17) is 33.9 Å². The van der Waals surface area contributed by atoms with Gasteiger partial charge in [-0.05, 0) is 60.5 Å². The lowest BCUT2D eigenvalue weighted by Crippen LogP contribution is -2.36. The molecule has 0 unspecified atom stereocenters. The molecule has 4 N–H and O–H groups in total. The van der Waals surface area contributed by atoms with Crippen molar-refractivity contribution in [2.45, 2.75) is 52.4 Å². The molecule has 2 aromatic carbocycles. The molecule has 38 heavy (non-hydrogen) atoms. The van der Waals surface area contributed by atoms with Crippen molar-refractivity contribution in [2.75, 3.05) is 23.8 Å². The van der Waals surface area contributed by atoms with Gasteiger partial charge >= 0.3 is 12.2 Å². The Morgan fingerprint density at radius 3 is 1.79 bits per heavy atom. The molecule has 0 spiro atoms. The van der Waals surface area contributed by atoms with Crippen molar-refractivity contribution in [2.24, 2.45) is 0 Å². The van der Waals surface area contributed by atoms with E-state index in [0.717, 1.165) is 49.7 Å². The van der Waals surface area contributed by atoms with Crippen molar-refractivity contribution < 1.29 is 19.1 Å². The number of hydrogen-bond donors (Lipinski definition) is 4. The number of rotatable bonds is 12. The highest BCUT2D eigenvalue weighted by Crippen LogP contribution is 2.25. The van der Waals surface area contributed by atoms with Gasteiger partial charge in [0.1, 0.15) is 0 Å². The number of hydrogen-bond acceptors (Lipinski definition) is 6. The van der Waals surface area contributed by atoms with Crippen LogP contribution in [0.4, 0.5) is 21.0 Å². The highest BCUT2D eigenvalue weighted by atomic mass is 32.1. The highest BCUT2D eigenvalue weighted by Gasteiger charge is 2.12. The van der Waals surface area contributed by atoms with Gasteiger partial charge < -0.3 is 20.1 Å². The standard InChI is InChI=1S/C28H36N4O4S2/c1-3-5-10-18-35-27(33)31-25(37)29-23-17-16-22(15-14-21-12-8-7-9-13-21)20-24(23)30-26(38)32-28(34)36-19-11-6-4-2/h7-9,12-17,20H,3-6,10-11,18-19H2,1-2H3,(H2,29,31,33,37)(H2,30,32,34,38). The highest BCUT2D eigenvalue weighted by molar-refractivity contribution is 7.80. The molecule has 0 fully saturated rings. The van der Waals surface area contributed by atoms with Crippen LogP contribution in [0.1, 0.15) is 63.5 Å². The van der Waals surface area contributed by atoms with Crippen LogP contribution in [-0.4, -0.2) is 35.6 Å². The van der Waals surface area contributed by atoms with Crippen molar-refractivity contribution in [3.8, 4) is 0 Å². The van der Waals surface area contributed by atoms with Crippen LogP contribution in [-0.2, 0) is 9.47 Å². The quantitative estimate of drug-likeness (QED) is 0.125. The van der Waals surface area contributed by atoms with E-state index in [-0.39, 0.29) is 10.2 Å². The lowest BCUT2D eigenvalue weighted by molar-refractivity contribution is 0.148. The number of alkyl carbamates (subject to hydrolysis) is 2. The first-order valence-electron chi connectivity index (χ1n) is 12.8. The topological polar surface area (TPSA) is 101 Å². The first-order valence-corrected chi connectivity index (χ1v) is 13.6. The van der Waals surface area contributed by atoms with Crippen molar-refractivity contribution in [1.29, 1.82) is 0 Å². The van der Waals surface area contributed by atoms with Crippen molar-refractivity contribution in [3.63, 3.8) is 0 Å². The molecule has 0 heterocycles. The lowest BCUT2D eigenvalue weighted by Gasteiger charge is -2.16. The third kappa shape index (κ3) is 12.6. The zero-order chi connectivity index (χ0) is 27.6. The molecule has 0 bridgehead atoms. The van der Waals surface area contributed by atoms with Gasteiger partial charge in [-0.15, -0.1) is 0 Å². The molecule has 2 amide bonds. The molecular formula is C28H36N4O4S2. The molecule has 0 saturated heterocycles. The molecule has 2 rings (SSSR count). The second-order valence-corrected chi connectivity index (χ2v) is 9.21. The van der Waals surface area contributed by atoms with Crippen LogP contribution in [0.15, 0.2) is 48.5 Å². The summed E-state index contributed by atoms with van der Waals surface area (Å²) < 4.78 is 10.3. The van der Waals surface area contributed by atoms with Gasteiger partial charge in [0.2, 0.25) is 0 Å². The first-order chi connectivity index (χ1) is 18.4. The van der Waals surface area contributed by atoms with Crippen molar-refractivity contribution >= 4 is 70.4 Å². The number of nitrogens with one attached hydrogen (secondary N) is 4. The smallest absolute Gasteiger partial charge is 0.413 e. The Morgan fingerprint density at radius 2 is 1.24 bits per heavy atom. The Hall–Kier alpha value is -3.50. The number of carbonyl (C=O) groups excluding carboxylic acids is 2. The summed E-state index contributed by atoms with van der Waals surface area (Å²) in [5.74, 6) is 0. The number of carbonyl (C=O) groups is 2. The molecular weight excluding hydrogens is 520 g/mol. The van der Waals surface area contributed by atoms with Crippen LogP contribution in [0.25, 0.3) is 12.2 Å². The molecule has 10 heteroatoms. The number of amides is 2. The fourth-order valence-electron chi connectivity index (χ4n) is 3.23. The number of unbranched alkanes of at least 4 members (excludes halogenated alkanes) is 4. The van der Waals surface area contributed by atoms with E-state index >= 15 is 0 Å². The van der Waals surface area contributed by atoms with Gasteiger partial charge in [0.25, 0.3) is 0 Å². The monoisotopic (exact) mass is 556 g/mol. The number of anilines is 2. The van der Waals surface area contributed by atoms with Crippen LogP contribution in [0.3, 0.4) is 0 Å². The molecule has 2 aromatic rings. The molecule has 0 saturated carbocycles. The molecule has 8 nitrogen and oxygen atoms in total. The van der Waals surface area contributed by atoms with Crippen LogP contribution >= 0.6 is 24.4 Å². The number of ether oxygens (including phenoxy) is 2. The summed E-state index contributed by atoms with van der Waals surface area (Å²) in [6.45, 7) is 4.80. The maximum atomic E-state index is 12.1. The van der Waals surface area contributed by atoms with E-state index in [2.05, 4.69) is 35.1 Å². The van der Waals surface area contributed by atoms with E-state index in [1.165, 1.54) is 0 Å². The third-order valence-corrected chi connectivity index (χ3v) is 5.61. The van der Waals surface area contributed by atoms with E-state index < -0.39 is 12.2 Å². The molecule has 0 aliphatic heterocycles. The van der Waals surface area contributed by atoms with Gasteiger partial charge in [0.15, 0.2) is 10.2 Å². The average molecular weight is 557 g/mol. The third-order valence-electron chi connectivity index (χ3n) is 5.20. The Balaban J connectivity index is 2.08. The van der Waals surface area contributed by atoms with Gasteiger partial charge in [-0.25, -0.2) is 9.59 Å². The van der Waals surface area contributed by atoms with Crippen LogP contribution < -0.4 is 21.3 Å². The summed E-state index contributed by atoms with van der Waals surface area (Å²) in [5, 5.41) is 11.1. The summed E-state index contributed by atoms with van der Waals surface area (Å²) in [7, 11) is 0. The number of benzene rings is 2. The van der Waals surface area contributed by atoms with Crippen LogP contribution in [0, 0.1) is 0 Å². The Morgan fingerprint density at radius 1 is 0.711 bits per heavy atom. The summed E-state index contributed by atoms with van der Waals surface area (Å²) in [4.78, 5) is 24.1. The summed E-state index contributed by atoms with van der Waals surface area (Å²) >= 11 is 10.6. The molecule has 0 aliphatic rings. The van der Waals surface area contributed by atoms with Crippen molar-refractivity contribution in [1.82, 2.24) is 10.6 Å². The van der Waals surface area contributed by atoms with Gasteiger partial charge in [-0.2, -0.15) is 0 Å². The molecule has 204 valence electrons. The van der Waals surface area contributed by atoms with Gasteiger partial charge in [-0.1, -0.05) is 88.1 Å². The largest absolute Gasteiger partial charge is 0.449 e. The maximum Gasteiger partial charge on any atom is 0.413 e. The van der Waals surface area contributed by atoms with E-state index in [1.807, 2.05) is 54.6 Å². The Kier molecular flexibility index (Phi) is 14.4. The lowest BCUT2D eigenvalue weighted by atomic mass is 10.1. The maximum absolute atomic E-state index is 12.1. The zero-order valence-corrected chi connectivity index (χ0v) is 23.5. The Labute approximate surface area is 235 Å². The van der Waals surface area contributed by atoms with E-state index in [9.17, 15) is 9.59 Å². The minimum absolute atomic E-state index is 0.0620. The van der Waals surface area contributed by atoms with Gasteiger partial charge in [0, 0.05) is 0 Å². The summed E-state index contributed by atoms with van der Waals surface area (Å²) in [5.41, 5.74) is 3.01. The zero-order valence-electron chi connectivity index (χ0n) is 21.9. The predicted molar refractivity (Wildman–Crippen MR) is 162 cm³/mol. The van der Waals surface area contributed by atoms with E-state index in [1.54, 1.807) is 6.07 Å². The van der Waals surface area contributed by atoms with Crippen molar-refractivity contribution in [3.05, 3.63) is 59.7 Å².